The highest BCUT2D eigenvalue weighted by atomic mass is 32.2. The van der Waals surface area contributed by atoms with Crippen molar-refractivity contribution >= 4 is 45.6 Å². The van der Waals surface area contributed by atoms with Crippen LogP contribution in [0.3, 0.4) is 0 Å². The molecule has 3 atom stereocenters. The fourth-order valence-corrected chi connectivity index (χ4v) is 2.59. The number of hydrogen-bond donors (Lipinski definition) is 1. The molecule has 0 aromatic rings. The normalized spacial score (nSPS) is 14.6. The molecule has 0 aromatic heterocycles. The fraction of sp³-hybridized carbons (Fsp3) is 0.692. The summed E-state index contributed by atoms with van der Waals surface area (Å²) in [6.45, 7) is 5.19. The summed E-state index contributed by atoms with van der Waals surface area (Å²) in [4.78, 5) is 38.0. The van der Waals surface area contributed by atoms with Gasteiger partial charge in [0, 0.05) is 28.7 Å². The molecule has 0 spiro atoms. The Labute approximate surface area is 136 Å². The predicted octanol–water partition coefficient (Wildman–Crippen LogP) is 0.556. The summed E-state index contributed by atoms with van der Waals surface area (Å²) in [6, 6.07) is -0.845. The molecule has 1 unspecified atom stereocenters. The molecule has 1 amide bonds. The number of nitrogens with zero attached hydrogens (tertiary/aromatic N) is 2. The van der Waals surface area contributed by atoms with Gasteiger partial charge in [0.25, 0.3) is 0 Å². The molecule has 0 heterocycles. The Morgan fingerprint density at radius 3 is 2.36 bits per heavy atom. The van der Waals surface area contributed by atoms with E-state index in [0.717, 1.165) is 18.0 Å². The number of thioether (sulfide) groups is 1. The van der Waals surface area contributed by atoms with Crippen LogP contribution in [-0.4, -0.2) is 54.8 Å². The van der Waals surface area contributed by atoms with Crippen LogP contribution in [-0.2, 0) is 25.2 Å². The molecule has 0 saturated heterocycles. The van der Waals surface area contributed by atoms with Crippen molar-refractivity contribution in [3.8, 4) is 0 Å². The van der Waals surface area contributed by atoms with Gasteiger partial charge in [-0.2, -0.15) is 4.79 Å². The first-order valence-electron chi connectivity index (χ1n) is 6.72. The van der Waals surface area contributed by atoms with E-state index in [9.17, 15) is 18.6 Å². The molecule has 0 radical (unpaired) electrons. The van der Waals surface area contributed by atoms with Crippen molar-refractivity contribution in [1.82, 2.24) is 5.32 Å². The second-order valence-electron chi connectivity index (χ2n) is 4.94. The lowest BCUT2D eigenvalue weighted by Gasteiger charge is -2.19. The number of ketones is 1. The predicted molar refractivity (Wildman–Crippen MR) is 87.1 cm³/mol. The van der Waals surface area contributed by atoms with Gasteiger partial charge in [-0.25, -0.2) is 0 Å². The van der Waals surface area contributed by atoms with Gasteiger partial charge in [0.05, 0.1) is 6.04 Å². The van der Waals surface area contributed by atoms with Gasteiger partial charge < -0.3 is 10.8 Å². The van der Waals surface area contributed by atoms with Gasteiger partial charge in [-0.3, -0.25) is 18.6 Å². The summed E-state index contributed by atoms with van der Waals surface area (Å²) in [7, 11) is -1.35. The molecule has 124 valence electrons. The lowest BCUT2D eigenvalue weighted by atomic mass is 10.1. The van der Waals surface area contributed by atoms with Crippen LogP contribution < -0.4 is 5.32 Å². The number of carbonyl (C=O) groups excluding carboxylic acids is 3. The Bertz CT molecular complexity index is 502. The Kier molecular flexibility index (Phi) is 9.80. The minimum atomic E-state index is -1.35. The summed E-state index contributed by atoms with van der Waals surface area (Å²) in [5.74, 6) is -0.942. The minimum absolute atomic E-state index is 0.0387. The molecule has 0 saturated carbocycles. The highest BCUT2D eigenvalue weighted by Gasteiger charge is 2.26. The van der Waals surface area contributed by atoms with E-state index in [1.807, 2.05) is 13.8 Å². The van der Waals surface area contributed by atoms with Gasteiger partial charge in [-0.05, 0) is 13.3 Å². The average Bonchev–Trinajstić information content (AvgIpc) is 2.41. The molecular formula is C13H21N3O4S2. The van der Waals surface area contributed by atoms with E-state index in [-0.39, 0.29) is 23.2 Å². The van der Waals surface area contributed by atoms with Crippen molar-refractivity contribution in [2.24, 2.45) is 0 Å². The van der Waals surface area contributed by atoms with Gasteiger partial charge in [-0.15, -0.1) is 0 Å². The summed E-state index contributed by atoms with van der Waals surface area (Å²) in [5.41, 5.74) is 8.28. The van der Waals surface area contributed by atoms with Crippen molar-refractivity contribution in [3.63, 3.8) is 0 Å². The number of rotatable bonds is 9. The van der Waals surface area contributed by atoms with Crippen molar-refractivity contribution < 1.29 is 23.4 Å². The molecule has 0 bridgehead atoms. The van der Waals surface area contributed by atoms with Crippen LogP contribution in [0.25, 0.3) is 5.53 Å². The number of nitrogens with one attached hydrogen (secondary N) is 1. The third-order valence-corrected chi connectivity index (χ3v) is 4.90. The molecule has 0 aliphatic carbocycles. The van der Waals surface area contributed by atoms with Crippen LogP contribution in [0.2, 0.25) is 0 Å². The smallest absolute Gasteiger partial charge is 0.323 e. The minimum Gasteiger partial charge on any atom is -0.361 e. The Morgan fingerprint density at radius 1 is 1.32 bits per heavy atom. The quantitative estimate of drug-likeness (QED) is 0.371. The average molecular weight is 347 g/mol. The molecule has 0 aromatic carbocycles. The molecular weight excluding hydrogens is 326 g/mol. The van der Waals surface area contributed by atoms with E-state index in [2.05, 4.69) is 10.1 Å². The first-order chi connectivity index (χ1) is 10.2. The van der Waals surface area contributed by atoms with Crippen molar-refractivity contribution in [2.45, 2.75) is 50.2 Å². The summed E-state index contributed by atoms with van der Waals surface area (Å²) < 4.78 is 11.3. The summed E-state index contributed by atoms with van der Waals surface area (Å²) >= 11 is 1.07. The van der Waals surface area contributed by atoms with E-state index in [0.29, 0.717) is 0 Å². The number of amides is 1. The van der Waals surface area contributed by atoms with Gasteiger partial charge >= 0.3 is 6.21 Å². The standard InChI is InChI=1S/C13H21N3O4S2/c1-8(2)21-13(19)11(6-5-10(17)7-15-14)16-12(18)9(3)22(4)20/h7-9,11H,5-6H2,1-4H3,(H,16,18)/t9-,11-,22?/m0/s1. The maximum absolute atomic E-state index is 12.1. The SMILES string of the molecule is CC(C)SC(=O)[C@H](CCC(=O)C=[N+]=[N-])NC(=O)[C@H](C)S(C)=O. The maximum Gasteiger partial charge on any atom is 0.323 e. The van der Waals surface area contributed by atoms with Crippen LogP contribution in [0, 0.1) is 0 Å². The Hall–Kier alpha value is -1.31. The monoisotopic (exact) mass is 347 g/mol. The lowest BCUT2D eigenvalue weighted by Crippen LogP contribution is -2.45. The van der Waals surface area contributed by atoms with Crippen molar-refractivity contribution in [3.05, 3.63) is 5.53 Å². The van der Waals surface area contributed by atoms with E-state index >= 15 is 0 Å². The van der Waals surface area contributed by atoms with Crippen molar-refractivity contribution in [1.29, 1.82) is 0 Å². The molecule has 0 fully saturated rings. The van der Waals surface area contributed by atoms with Crippen LogP contribution in [0.4, 0.5) is 0 Å². The molecule has 7 nitrogen and oxygen atoms in total. The Balaban J connectivity index is 4.89. The molecule has 0 aliphatic heterocycles. The van der Waals surface area contributed by atoms with Crippen LogP contribution >= 0.6 is 11.8 Å². The summed E-state index contributed by atoms with van der Waals surface area (Å²) in [6.07, 6.45) is 2.22. The van der Waals surface area contributed by atoms with Crippen LogP contribution in [0.1, 0.15) is 33.6 Å². The maximum atomic E-state index is 12.1. The zero-order chi connectivity index (χ0) is 17.3. The second-order valence-corrected chi connectivity index (χ2v) is 8.22. The number of hydrogen-bond acceptors (Lipinski definition) is 5. The number of carbonyl (C=O) groups is 3. The first kappa shape index (κ1) is 20.7. The third-order valence-electron chi connectivity index (χ3n) is 2.70. The molecule has 1 N–H and O–H groups in total. The molecule has 0 rings (SSSR count). The fourth-order valence-electron chi connectivity index (χ4n) is 1.42. The van der Waals surface area contributed by atoms with Crippen molar-refractivity contribution in [2.75, 3.05) is 6.26 Å². The summed E-state index contributed by atoms with van der Waals surface area (Å²) in [5, 5.41) is 1.58. The highest BCUT2D eigenvalue weighted by molar-refractivity contribution is 8.14. The van der Waals surface area contributed by atoms with Crippen LogP contribution in [0.5, 0.6) is 0 Å². The van der Waals surface area contributed by atoms with Gasteiger partial charge in [0.2, 0.25) is 16.8 Å². The van der Waals surface area contributed by atoms with Gasteiger partial charge in [-0.1, -0.05) is 25.6 Å². The van der Waals surface area contributed by atoms with E-state index in [1.165, 1.54) is 13.2 Å². The van der Waals surface area contributed by atoms with E-state index in [4.69, 9.17) is 5.53 Å². The number of Topliss-reactive ketones (excluding diaryl/α,β-unsaturated/α-hetero) is 1. The third kappa shape index (κ3) is 8.21. The Morgan fingerprint density at radius 2 is 1.91 bits per heavy atom. The van der Waals surface area contributed by atoms with Gasteiger partial charge in [0.15, 0.2) is 0 Å². The lowest BCUT2D eigenvalue weighted by molar-refractivity contribution is -0.124. The molecule has 9 heteroatoms. The van der Waals surface area contributed by atoms with Gasteiger partial charge in [0.1, 0.15) is 5.25 Å². The highest BCUT2D eigenvalue weighted by Crippen LogP contribution is 2.16. The molecule has 22 heavy (non-hydrogen) atoms. The largest absolute Gasteiger partial charge is 0.361 e. The first-order valence-corrected chi connectivity index (χ1v) is 9.22. The molecule has 0 aliphatic rings. The van der Waals surface area contributed by atoms with E-state index < -0.39 is 33.8 Å². The zero-order valence-corrected chi connectivity index (χ0v) is 14.7. The topological polar surface area (TPSA) is 117 Å². The zero-order valence-electron chi connectivity index (χ0n) is 13.1. The van der Waals surface area contributed by atoms with E-state index in [1.54, 1.807) is 0 Å². The van der Waals surface area contributed by atoms with Crippen LogP contribution in [0.15, 0.2) is 0 Å². The second kappa shape index (κ2) is 10.4.